The van der Waals surface area contributed by atoms with E-state index in [0.29, 0.717) is 5.82 Å². The summed E-state index contributed by atoms with van der Waals surface area (Å²) in [7, 11) is 1.59. The predicted molar refractivity (Wildman–Crippen MR) is 54.2 cm³/mol. The Kier molecular flexibility index (Phi) is 1.96. The standard InChI is InChI=1S/C10H11N3O/c1-6-4-3-5-7-8(6)13-9(12-7)10(14)11-2/h3-5H,1-2H3,(H,11,14)(H,12,13). The van der Waals surface area contributed by atoms with E-state index in [1.807, 2.05) is 25.1 Å². The van der Waals surface area contributed by atoms with Gasteiger partial charge in [-0.05, 0) is 18.6 Å². The molecule has 0 unspecified atom stereocenters. The first-order chi connectivity index (χ1) is 6.72. The van der Waals surface area contributed by atoms with Gasteiger partial charge in [-0.15, -0.1) is 0 Å². The van der Waals surface area contributed by atoms with Gasteiger partial charge in [0.25, 0.3) is 5.91 Å². The van der Waals surface area contributed by atoms with Crippen molar-refractivity contribution in [3.05, 3.63) is 29.6 Å². The molecule has 1 aromatic carbocycles. The number of H-pyrrole nitrogens is 1. The van der Waals surface area contributed by atoms with Crippen molar-refractivity contribution in [2.45, 2.75) is 6.92 Å². The Morgan fingerprint density at radius 3 is 2.93 bits per heavy atom. The smallest absolute Gasteiger partial charge is 0.286 e. The van der Waals surface area contributed by atoms with E-state index in [0.717, 1.165) is 16.6 Å². The second kappa shape index (κ2) is 3.14. The quantitative estimate of drug-likeness (QED) is 0.708. The molecule has 0 saturated carbocycles. The van der Waals surface area contributed by atoms with Gasteiger partial charge in [0.15, 0.2) is 5.82 Å². The Hall–Kier alpha value is -1.84. The number of para-hydroxylation sites is 1. The van der Waals surface area contributed by atoms with E-state index in [2.05, 4.69) is 15.3 Å². The van der Waals surface area contributed by atoms with Crippen molar-refractivity contribution in [1.29, 1.82) is 0 Å². The minimum atomic E-state index is -0.194. The molecule has 4 heteroatoms. The van der Waals surface area contributed by atoms with Gasteiger partial charge in [0.1, 0.15) is 0 Å². The van der Waals surface area contributed by atoms with Crippen molar-refractivity contribution < 1.29 is 4.79 Å². The molecule has 0 atom stereocenters. The molecule has 0 aliphatic rings. The first kappa shape index (κ1) is 8.74. The number of rotatable bonds is 1. The Morgan fingerprint density at radius 1 is 1.50 bits per heavy atom. The molecule has 0 aliphatic heterocycles. The lowest BCUT2D eigenvalue weighted by Crippen LogP contribution is -2.19. The van der Waals surface area contributed by atoms with Gasteiger partial charge in [-0.25, -0.2) is 4.98 Å². The third-order valence-electron chi connectivity index (χ3n) is 2.16. The van der Waals surface area contributed by atoms with Crippen LogP contribution in [0.1, 0.15) is 16.2 Å². The number of hydrogen-bond acceptors (Lipinski definition) is 2. The molecule has 0 fully saturated rings. The lowest BCUT2D eigenvalue weighted by molar-refractivity contribution is 0.0954. The van der Waals surface area contributed by atoms with Gasteiger partial charge in [0.2, 0.25) is 0 Å². The highest BCUT2D eigenvalue weighted by molar-refractivity contribution is 5.94. The molecule has 4 nitrogen and oxygen atoms in total. The average Bonchev–Trinajstić information content (AvgIpc) is 2.62. The summed E-state index contributed by atoms with van der Waals surface area (Å²) in [5, 5.41) is 2.53. The number of carbonyl (C=O) groups is 1. The number of imidazole rings is 1. The van der Waals surface area contributed by atoms with Crippen molar-refractivity contribution in [1.82, 2.24) is 15.3 Å². The number of hydrogen-bond donors (Lipinski definition) is 2. The molecule has 0 aliphatic carbocycles. The lowest BCUT2D eigenvalue weighted by Gasteiger charge is -1.90. The summed E-state index contributed by atoms with van der Waals surface area (Å²) in [5.74, 6) is 0.164. The molecule has 2 N–H and O–H groups in total. The SMILES string of the molecule is CNC(=O)c1nc2c(C)cccc2[nH]1. The second-order valence-electron chi connectivity index (χ2n) is 3.14. The van der Waals surface area contributed by atoms with Gasteiger partial charge in [-0.1, -0.05) is 12.1 Å². The zero-order valence-corrected chi connectivity index (χ0v) is 8.09. The summed E-state index contributed by atoms with van der Waals surface area (Å²) < 4.78 is 0. The third kappa shape index (κ3) is 1.25. The minimum Gasteiger partial charge on any atom is -0.352 e. The van der Waals surface area contributed by atoms with Crippen LogP contribution >= 0.6 is 0 Å². The molecule has 2 aromatic rings. The van der Waals surface area contributed by atoms with Crippen molar-refractivity contribution in [3.63, 3.8) is 0 Å². The number of amides is 1. The fraction of sp³-hybridized carbons (Fsp3) is 0.200. The molecular formula is C10H11N3O. The van der Waals surface area contributed by atoms with Gasteiger partial charge in [-0.2, -0.15) is 0 Å². The molecule has 0 bridgehead atoms. The van der Waals surface area contributed by atoms with Crippen LogP contribution in [0.5, 0.6) is 0 Å². The molecule has 1 aromatic heterocycles. The first-order valence-corrected chi connectivity index (χ1v) is 4.40. The zero-order chi connectivity index (χ0) is 10.1. The normalized spacial score (nSPS) is 10.4. The molecule has 2 rings (SSSR count). The first-order valence-electron chi connectivity index (χ1n) is 4.40. The second-order valence-corrected chi connectivity index (χ2v) is 3.14. The topological polar surface area (TPSA) is 57.8 Å². The van der Waals surface area contributed by atoms with Crippen LogP contribution < -0.4 is 5.32 Å². The maximum Gasteiger partial charge on any atom is 0.286 e. The minimum absolute atomic E-state index is 0.194. The van der Waals surface area contributed by atoms with Crippen LogP contribution in [0.2, 0.25) is 0 Å². The van der Waals surface area contributed by atoms with Gasteiger partial charge in [0.05, 0.1) is 11.0 Å². The van der Waals surface area contributed by atoms with Crippen LogP contribution in [0.4, 0.5) is 0 Å². The van der Waals surface area contributed by atoms with E-state index < -0.39 is 0 Å². The number of nitrogens with zero attached hydrogens (tertiary/aromatic N) is 1. The summed E-state index contributed by atoms with van der Waals surface area (Å²) in [5.41, 5.74) is 2.81. The summed E-state index contributed by atoms with van der Waals surface area (Å²) in [6.07, 6.45) is 0. The maximum absolute atomic E-state index is 11.3. The van der Waals surface area contributed by atoms with E-state index in [4.69, 9.17) is 0 Å². The van der Waals surface area contributed by atoms with Gasteiger partial charge < -0.3 is 10.3 Å². The van der Waals surface area contributed by atoms with Crippen molar-refractivity contribution in [2.24, 2.45) is 0 Å². The molecule has 14 heavy (non-hydrogen) atoms. The van der Waals surface area contributed by atoms with Crippen LogP contribution in [0, 0.1) is 6.92 Å². The largest absolute Gasteiger partial charge is 0.352 e. The number of aromatic amines is 1. The number of benzene rings is 1. The highest BCUT2D eigenvalue weighted by Crippen LogP contribution is 2.14. The van der Waals surface area contributed by atoms with Crippen molar-refractivity contribution >= 4 is 16.9 Å². The van der Waals surface area contributed by atoms with Gasteiger partial charge >= 0.3 is 0 Å². The fourth-order valence-electron chi connectivity index (χ4n) is 1.40. The number of aryl methyl sites for hydroxylation is 1. The van der Waals surface area contributed by atoms with Gasteiger partial charge in [0, 0.05) is 7.05 Å². The summed E-state index contributed by atoms with van der Waals surface area (Å²) in [4.78, 5) is 18.5. The van der Waals surface area contributed by atoms with E-state index in [1.54, 1.807) is 7.05 Å². The zero-order valence-electron chi connectivity index (χ0n) is 8.09. The van der Waals surface area contributed by atoms with Crippen LogP contribution in [0.25, 0.3) is 11.0 Å². The average molecular weight is 189 g/mol. The number of carbonyl (C=O) groups excluding carboxylic acids is 1. The molecule has 1 amide bonds. The summed E-state index contributed by atoms with van der Waals surface area (Å²) in [6, 6.07) is 5.81. The van der Waals surface area contributed by atoms with E-state index in [1.165, 1.54) is 0 Å². The molecule has 0 radical (unpaired) electrons. The molecule has 0 spiro atoms. The highest BCUT2D eigenvalue weighted by Gasteiger charge is 2.09. The Morgan fingerprint density at radius 2 is 2.29 bits per heavy atom. The monoisotopic (exact) mass is 189 g/mol. The van der Waals surface area contributed by atoms with Crippen molar-refractivity contribution in [3.8, 4) is 0 Å². The van der Waals surface area contributed by atoms with Gasteiger partial charge in [-0.3, -0.25) is 4.79 Å². The van der Waals surface area contributed by atoms with Crippen LogP contribution in [0.15, 0.2) is 18.2 Å². The lowest BCUT2D eigenvalue weighted by atomic mass is 10.2. The van der Waals surface area contributed by atoms with E-state index in [-0.39, 0.29) is 5.91 Å². The number of nitrogens with one attached hydrogen (secondary N) is 2. The van der Waals surface area contributed by atoms with Crippen LogP contribution in [-0.2, 0) is 0 Å². The summed E-state index contributed by atoms with van der Waals surface area (Å²) in [6.45, 7) is 1.97. The van der Waals surface area contributed by atoms with Crippen LogP contribution in [-0.4, -0.2) is 22.9 Å². The Labute approximate surface area is 81.3 Å². The fourth-order valence-corrected chi connectivity index (χ4v) is 1.40. The van der Waals surface area contributed by atoms with E-state index >= 15 is 0 Å². The molecule has 1 heterocycles. The number of aromatic nitrogens is 2. The number of fused-ring (bicyclic) bond motifs is 1. The Balaban J connectivity index is 2.62. The maximum atomic E-state index is 11.3. The van der Waals surface area contributed by atoms with Crippen molar-refractivity contribution in [2.75, 3.05) is 7.05 Å². The predicted octanol–water partition coefficient (Wildman–Crippen LogP) is 1.23. The van der Waals surface area contributed by atoms with E-state index in [9.17, 15) is 4.79 Å². The van der Waals surface area contributed by atoms with Crippen LogP contribution in [0.3, 0.4) is 0 Å². The molecule has 0 saturated heterocycles. The Bertz CT molecular complexity index is 487. The molecule has 72 valence electrons. The summed E-state index contributed by atoms with van der Waals surface area (Å²) >= 11 is 0. The molecular weight excluding hydrogens is 178 g/mol. The highest BCUT2D eigenvalue weighted by atomic mass is 16.2. The third-order valence-corrected chi connectivity index (χ3v) is 2.16.